The molecule has 0 aliphatic carbocycles. The number of anilines is 2. The molecule has 11 heteroatoms. The van der Waals surface area contributed by atoms with Crippen molar-refractivity contribution in [3.8, 4) is 11.3 Å². The molecular formula is C18H16N4O5S2. The third-order valence-corrected chi connectivity index (χ3v) is 6.15. The van der Waals surface area contributed by atoms with Gasteiger partial charge in [-0.3, -0.25) is 19.6 Å². The summed E-state index contributed by atoms with van der Waals surface area (Å²) >= 11 is 1.07. The standard InChI is InChI=1S/C18H16N4O5S2/c1-11-8-17(16(22(24)25)9-14(11)19-12(2)23)29(26,27)21-18-20-15(10-28-18)13-6-4-3-5-7-13/h3-10H,1-2H3,(H,19,23)(H,20,21). The summed E-state index contributed by atoms with van der Waals surface area (Å²) in [4.78, 5) is 25.6. The first kappa shape index (κ1) is 20.4. The number of rotatable bonds is 6. The van der Waals surface area contributed by atoms with Crippen LogP contribution in [0.25, 0.3) is 11.3 Å². The van der Waals surface area contributed by atoms with Gasteiger partial charge in [0, 0.05) is 23.9 Å². The number of nitrogens with zero attached hydrogens (tertiary/aromatic N) is 2. The van der Waals surface area contributed by atoms with Gasteiger partial charge in [0.05, 0.1) is 16.3 Å². The molecule has 1 heterocycles. The zero-order chi connectivity index (χ0) is 21.2. The molecule has 1 amide bonds. The van der Waals surface area contributed by atoms with Crippen molar-refractivity contribution in [3.05, 3.63) is 63.5 Å². The normalized spacial score (nSPS) is 11.1. The van der Waals surface area contributed by atoms with Crippen molar-refractivity contribution in [2.24, 2.45) is 0 Å². The average molecular weight is 432 g/mol. The first-order valence-electron chi connectivity index (χ1n) is 8.28. The van der Waals surface area contributed by atoms with Crippen LogP contribution in [0.4, 0.5) is 16.5 Å². The Kier molecular flexibility index (Phi) is 5.62. The maximum atomic E-state index is 12.8. The molecule has 3 aromatic rings. The molecule has 150 valence electrons. The molecule has 0 unspecified atom stereocenters. The second kappa shape index (κ2) is 7.97. The minimum atomic E-state index is -4.28. The van der Waals surface area contributed by atoms with E-state index in [1.165, 1.54) is 6.92 Å². The Morgan fingerprint density at radius 2 is 1.90 bits per heavy atom. The van der Waals surface area contributed by atoms with Crippen LogP contribution in [0.5, 0.6) is 0 Å². The molecule has 29 heavy (non-hydrogen) atoms. The van der Waals surface area contributed by atoms with Crippen molar-refractivity contribution in [2.75, 3.05) is 10.0 Å². The van der Waals surface area contributed by atoms with Gasteiger partial charge in [-0.1, -0.05) is 30.3 Å². The second-order valence-corrected chi connectivity index (χ2v) is 8.59. The zero-order valence-corrected chi connectivity index (χ0v) is 17.0. The van der Waals surface area contributed by atoms with Crippen LogP contribution in [0.1, 0.15) is 12.5 Å². The van der Waals surface area contributed by atoms with Crippen LogP contribution in [-0.4, -0.2) is 24.2 Å². The maximum Gasteiger partial charge on any atom is 0.291 e. The monoisotopic (exact) mass is 432 g/mol. The Labute approximate surface area is 170 Å². The van der Waals surface area contributed by atoms with E-state index in [9.17, 15) is 23.3 Å². The summed E-state index contributed by atoms with van der Waals surface area (Å²) in [5.74, 6) is -0.424. The van der Waals surface area contributed by atoms with Gasteiger partial charge < -0.3 is 5.32 Å². The van der Waals surface area contributed by atoms with Crippen molar-refractivity contribution in [2.45, 2.75) is 18.7 Å². The van der Waals surface area contributed by atoms with Gasteiger partial charge in [-0.25, -0.2) is 13.4 Å². The van der Waals surface area contributed by atoms with E-state index in [4.69, 9.17) is 0 Å². The van der Waals surface area contributed by atoms with Crippen LogP contribution in [0, 0.1) is 17.0 Å². The lowest BCUT2D eigenvalue weighted by atomic mass is 10.2. The largest absolute Gasteiger partial charge is 0.326 e. The first-order chi connectivity index (χ1) is 13.7. The summed E-state index contributed by atoms with van der Waals surface area (Å²) in [5.41, 5.74) is 1.29. The number of hydrogen-bond acceptors (Lipinski definition) is 7. The Hall–Kier alpha value is -3.31. The number of hydrogen-bond donors (Lipinski definition) is 2. The minimum absolute atomic E-state index is 0.0849. The van der Waals surface area contributed by atoms with Gasteiger partial charge >= 0.3 is 0 Å². The molecule has 0 spiro atoms. The van der Waals surface area contributed by atoms with Crippen molar-refractivity contribution in [3.63, 3.8) is 0 Å². The molecule has 1 aromatic heterocycles. The molecule has 0 saturated carbocycles. The fraction of sp³-hybridized carbons (Fsp3) is 0.111. The molecule has 3 rings (SSSR count). The molecule has 0 aliphatic heterocycles. The number of carbonyl (C=O) groups is 1. The Morgan fingerprint density at radius 3 is 2.52 bits per heavy atom. The summed E-state index contributed by atoms with van der Waals surface area (Å²) in [6, 6.07) is 11.4. The number of nitro groups is 1. The number of aryl methyl sites for hydroxylation is 1. The number of carbonyl (C=O) groups excluding carboxylic acids is 1. The van der Waals surface area contributed by atoms with Crippen LogP contribution in [0.15, 0.2) is 52.7 Å². The Bertz CT molecular complexity index is 1190. The van der Waals surface area contributed by atoms with E-state index in [1.54, 1.807) is 12.3 Å². The number of aromatic nitrogens is 1. The van der Waals surface area contributed by atoms with Gasteiger partial charge in [-0.05, 0) is 18.6 Å². The summed E-state index contributed by atoms with van der Waals surface area (Å²) in [6.45, 7) is 2.80. The van der Waals surface area contributed by atoms with E-state index >= 15 is 0 Å². The molecule has 0 saturated heterocycles. The lowest BCUT2D eigenvalue weighted by Crippen LogP contribution is -2.16. The molecule has 0 fully saturated rings. The van der Waals surface area contributed by atoms with Gasteiger partial charge in [0.25, 0.3) is 15.7 Å². The van der Waals surface area contributed by atoms with Crippen LogP contribution < -0.4 is 10.0 Å². The maximum absolute atomic E-state index is 12.8. The minimum Gasteiger partial charge on any atom is -0.326 e. The van der Waals surface area contributed by atoms with Gasteiger partial charge in [-0.15, -0.1) is 11.3 Å². The highest BCUT2D eigenvalue weighted by Gasteiger charge is 2.28. The Balaban J connectivity index is 1.97. The van der Waals surface area contributed by atoms with E-state index in [0.29, 0.717) is 11.3 Å². The predicted octanol–water partition coefficient (Wildman–Crippen LogP) is 3.79. The van der Waals surface area contributed by atoms with Crippen LogP contribution in [-0.2, 0) is 14.8 Å². The first-order valence-corrected chi connectivity index (χ1v) is 10.6. The lowest BCUT2D eigenvalue weighted by Gasteiger charge is -2.11. The highest BCUT2D eigenvalue weighted by atomic mass is 32.2. The molecule has 9 nitrogen and oxygen atoms in total. The van der Waals surface area contributed by atoms with E-state index in [0.717, 1.165) is 29.0 Å². The third kappa shape index (κ3) is 4.58. The van der Waals surface area contributed by atoms with Crippen LogP contribution in [0.3, 0.4) is 0 Å². The lowest BCUT2D eigenvalue weighted by molar-refractivity contribution is -0.387. The average Bonchev–Trinajstić information content (AvgIpc) is 3.11. The molecule has 2 aromatic carbocycles. The van der Waals surface area contributed by atoms with Crippen LogP contribution in [0.2, 0.25) is 0 Å². The number of nitro benzene ring substituents is 1. The van der Waals surface area contributed by atoms with Crippen LogP contribution >= 0.6 is 11.3 Å². The molecule has 0 radical (unpaired) electrons. The van der Waals surface area contributed by atoms with Crippen molar-refractivity contribution in [1.82, 2.24) is 4.98 Å². The molecule has 0 atom stereocenters. The van der Waals surface area contributed by atoms with E-state index in [-0.39, 0.29) is 10.8 Å². The molecule has 0 bridgehead atoms. The fourth-order valence-electron chi connectivity index (χ4n) is 2.58. The predicted molar refractivity (Wildman–Crippen MR) is 110 cm³/mol. The summed E-state index contributed by atoms with van der Waals surface area (Å²) in [7, 11) is -4.28. The summed E-state index contributed by atoms with van der Waals surface area (Å²) < 4.78 is 27.9. The quantitative estimate of drug-likeness (QED) is 0.450. The topological polar surface area (TPSA) is 131 Å². The van der Waals surface area contributed by atoms with E-state index in [2.05, 4.69) is 15.0 Å². The molecular weight excluding hydrogens is 416 g/mol. The van der Waals surface area contributed by atoms with Gasteiger partial charge in [0.15, 0.2) is 10.0 Å². The van der Waals surface area contributed by atoms with Crippen molar-refractivity contribution in [1.29, 1.82) is 0 Å². The summed E-state index contributed by atoms with van der Waals surface area (Å²) in [5, 5.41) is 15.7. The summed E-state index contributed by atoms with van der Waals surface area (Å²) in [6.07, 6.45) is 0. The third-order valence-electron chi connectivity index (χ3n) is 3.90. The number of benzene rings is 2. The second-order valence-electron chi connectivity index (χ2n) is 6.08. The number of sulfonamides is 1. The van der Waals surface area contributed by atoms with Crippen molar-refractivity contribution < 1.29 is 18.1 Å². The highest BCUT2D eigenvalue weighted by molar-refractivity contribution is 7.93. The SMILES string of the molecule is CC(=O)Nc1cc([N+](=O)[O-])c(S(=O)(=O)Nc2nc(-c3ccccc3)cs2)cc1C. The fourth-order valence-corrected chi connectivity index (χ4v) is 4.80. The zero-order valence-electron chi connectivity index (χ0n) is 15.4. The van der Waals surface area contributed by atoms with Gasteiger partial charge in [-0.2, -0.15) is 0 Å². The van der Waals surface area contributed by atoms with Crippen molar-refractivity contribution >= 4 is 43.8 Å². The van der Waals surface area contributed by atoms with E-state index < -0.39 is 31.4 Å². The van der Waals surface area contributed by atoms with Gasteiger partial charge in [0.1, 0.15) is 0 Å². The van der Waals surface area contributed by atoms with E-state index in [1.807, 2.05) is 30.3 Å². The smallest absolute Gasteiger partial charge is 0.291 e. The number of thiazole rings is 1. The number of nitrogens with one attached hydrogen (secondary N) is 2. The molecule has 0 aliphatic rings. The highest BCUT2D eigenvalue weighted by Crippen LogP contribution is 2.33. The molecule has 2 N–H and O–H groups in total. The Morgan fingerprint density at radius 1 is 1.21 bits per heavy atom. The van der Waals surface area contributed by atoms with Gasteiger partial charge in [0.2, 0.25) is 5.91 Å². The number of amides is 1.